The number of para-hydroxylation sites is 3. The number of nitrogens with zero attached hydrogens (tertiary/aromatic N) is 6. The molecule has 0 bridgehead atoms. The van der Waals surface area contributed by atoms with Crippen molar-refractivity contribution in [1.29, 1.82) is 10.5 Å². The molecule has 226 valence electrons. The third-order valence-electron chi connectivity index (χ3n) is 9.69. The van der Waals surface area contributed by atoms with E-state index in [1.54, 1.807) is 0 Å². The highest BCUT2D eigenvalue weighted by Crippen LogP contribution is 2.42. The molecule has 0 amide bonds. The van der Waals surface area contributed by atoms with Gasteiger partial charge in [-0.2, -0.15) is 10.5 Å². The molecule has 0 unspecified atom stereocenters. The summed E-state index contributed by atoms with van der Waals surface area (Å²) >= 11 is 0. The SMILES string of the molecule is N#Cc1ccc2c(c1)c1ccccc1n2-c1cccc(-n2c3ccc(C#N)cc3c3ccc4c(c5ccccc5n4-c4ccccc4)c32)n1. The van der Waals surface area contributed by atoms with Gasteiger partial charge in [-0.05, 0) is 78.9 Å². The van der Waals surface area contributed by atoms with E-state index >= 15 is 0 Å². The van der Waals surface area contributed by atoms with Crippen molar-refractivity contribution < 1.29 is 0 Å². The summed E-state index contributed by atoms with van der Waals surface area (Å²) in [6.45, 7) is 0. The molecule has 6 heteroatoms. The Kier molecular flexibility index (Phi) is 5.61. The first-order valence-corrected chi connectivity index (χ1v) is 16.1. The van der Waals surface area contributed by atoms with Crippen molar-refractivity contribution in [3.8, 4) is 29.5 Å². The first kappa shape index (κ1) is 27.0. The van der Waals surface area contributed by atoms with Gasteiger partial charge in [0.15, 0.2) is 0 Å². The van der Waals surface area contributed by atoms with Crippen LogP contribution in [0.3, 0.4) is 0 Å². The molecule has 4 aromatic heterocycles. The summed E-state index contributed by atoms with van der Waals surface area (Å²) in [6, 6.07) is 54.1. The second kappa shape index (κ2) is 10.2. The number of rotatable bonds is 3. The molecule has 0 saturated carbocycles. The average molecular weight is 625 g/mol. The molecule has 0 radical (unpaired) electrons. The van der Waals surface area contributed by atoms with Crippen molar-refractivity contribution in [3.05, 3.63) is 157 Å². The maximum atomic E-state index is 9.89. The smallest absolute Gasteiger partial charge is 0.140 e. The highest BCUT2D eigenvalue weighted by molar-refractivity contribution is 6.26. The van der Waals surface area contributed by atoms with Crippen molar-refractivity contribution in [3.63, 3.8) is 0 Å². The molecule has 4 heterocycles. The van der Waals surface area contributed by atoms with Crippen LogP contribution in [-0.2, 0) is 0 Å². The number of benzene rings is 6. The van der Waals surface area contributed by atoms with E-state index in [1.165, 1.54) is 0 Å². The van der Waals surface area contributed by atoms with Crippen molar-refractivity contribution in [1.82, 2.24) is 18.7 Å². The number of nitriles is 2. The Labute approximate surface area is 280 Å². The van der Waals surface area contributed by atoms with Gasteiger partial charge < -0.3 is 4.57 Å². The van der Waals surface area contributed by atoms with Gasteiger partial charge in [0.2, 0.25) is 0 Å². The van der Waals surface area contributed by atoms with E-state index in [9.17, 15) is 10.5 Å². The van der Waals surface area contributed by atoms with Gasteiger partial charge in [-0.3, -0.25) is 9.13 Å². The summed E-state index contributed by atoms with van der Waals surface area (Å²) in [5.41, 5.74) is 8.56. The number of hydrogen-bond acceptors (Lipinski definition) is 3. The third kappa shape index (κ3) is 3.77. The van der Waals surface area contributed by atoms with E-state index in [-0.39, 0.29) is 0 Å². The summed E-state index contributed by atoms with van der Waals surface area (Å²) in [4.78, 5) is 5.38. The van der Waals surface area contributed by atoms with E-state index < -0.39 is 0 Å². The van der Waals surface area contributed by atoms with Crippen LogP contribution in [0.5, 0.6) is 0 Å². The monoisotopic (exact) mass is 624 g/mol. The van der Waals surface area contributed by atoms with Crippen LogP contribution in [0.25, 0.3) is 82.7 Å². The molecule has 10 rings (SSSR count). The molecular formula is C43H24N6. The predicted octanol–water partition coefficient (Wildman–Crippen LogP) is 10.1. The Hall–Kier alpha value is -7.15. The molecule has 10 aromatic rings. The van der Waals surface area contributed by atoms with Crippen LogP contribution in [0.15, 0.2) is 146 Å². The summed E-state index contributed by atoms with van der Waals surface area (Å²) < 4.78 is 6.75. The molecule has 0 aliphatic heterocycles. The summed E-state index contributed by atoms with van der Waals surface area (Å²) in [6.07, 6.45) is 0. The molecule has 0 aliphatic carbocycles. The van der Waals surface area contributed by atoms with E-state index in [0.29, 0.717) is 11.1 Å². The zero-order valence-corrected chi connectivity index (χ0v) is 26.0. The molecule has 0 atom stereocenters. The van der Waals surface area contributed by atoms with Gasteiger partial charge in [0.1, 0.15) is 11.6 Å². The van der Waals surface area contributed by atoms with Crippen molar-refractivity contribution in [2.75, 3.05) is 0 Å². The summed E-state index contributed by atoms with van der Waals surface area (Å²) in [7, 11) is 0. The first-order valence-electron chi connectivity index (χ1n) is 16.1. The average Bonchev–Trinajstić information content (AvgIpc) is 3.80. The van der Waals surface area contributed by atoms with Crippen LogP contribution in [0.1, 0.15) is 11.1 Å². The van der Waals surface area contributed by atoms with Crippen LogP contribution < -0.4 is 0 Å². The molecule has 6 aromatic carbocycles. The number of aromatic nitrogens is 4. The molecule has 0 N–H and O–H groups in total. The maximum absolute atomic E-state index is 9.89. The van der Waals surface area contributed by atoms with Crippen LogP contribution in [0.2, 0.25) is 0 Å². The van der Waals surface area contributed by atoms with Crippen LogP contribution >= 0.6 is 0 Å². The van der Waals surface area contributed by atoms with Crippen molar-refractivity contribution in [2.45, 2.75) is 0 Å². The number of hydrogen-bond donors (Lipinski definition) is 0. The molecule has 0 aliphatic rings. The maximum Gasteiger partial charge on any atom is 0.140 e. The second-order valence-electron chi connectivity index (χ2n) is 12.3. The van der Waals surface area contributed by atoms with Crippen LogP contribution in [-0.4, -0.2) is 18.7 Å². The Morgan fingerprint density at radius 2 is 0.959 bits per heavy atom. The minimum atomic E-state index is 0.613. The van der Waals surface area contributed by atoms with Gasteiger partial charge in [-0.15, -0.1) is 0 Å². The minimum absolute atomic E-state index is 0.613. The molecule has 0 saturated heterocycles. The standard InChI is InChI=1S/C43H24N6/c44-25-27-17-20-37-33(23-27)30-11-4-6-13-35(30)48(37)40-15-8-16-41(46-40)49-38-21-18-28(26-45)24-34(38)31-19-22-39-42(43(31)49)32-12-5-7-14-36(32)47(39)29-9-2-1-3-10-29/h1-24H. The third-order valence-corrected chi connectivity index (χ3v) is 9.69. The Bertz CT molecular complexity index is 3070. The van der Waals surface area contributed by atoms with Gasteiger partial charge in [0, 0.05) is 38.0 Å². The lowest BCUT2D eigenvalue weighted by Crippen LogP contribution is -2.03. The van der Waals surface area contributed by atoms with Gasteiger partial charge in [-0.1, -0.05) is 66.7 Å². The summed E-state index contributed by atoms with van der Waals surface area (Å²) in [5.74, 6) is 1.54. The highest BCUT2D eigenvalue weighted by atomic mass is 15.1. The van der Waals surface area contributed by atoms with Gasteiger partial charge in [0.25, 0.3) is 0 Å². The quantitative estimate of drug-likeness (QED) is 0.196. The van der Waals surface area contributed by atoms with E-state index in [2.05, 4.69) is 111 Å². The molecule has 0 spiro atoms. The zero-order chi connectivity index (χ0) is 32.6. The topological polar surface area (TPSA) is 75.3 Å². The Balaban J connectivity index is 1.34. The zero-order valence-electron chi connectivity index (χ0n) is 26.0. The van der Waals surface area contributed by atoms with E-state index in [0.717, 1.165) is 82.7 Å². The van der Waals surface area contributed by atoms with Gasteiger partial charge >= 0.3 is 0 Å². The van der Waals surface area contributed by atoms with Crippen molar-refractivity contribution in [2.24, 2.45) is 0 Å². The van der Waals surface area contributed by atoms with Crippen LogP contribution in [0, 0.1) is 22.7 Å². The largest absolute Gasteiger partial charge is 0.309 e. The fourth-order valence-corrected chi connectivity index (χ4v) is 7.67. The van der Waals surface area contributed by atoms with Crippen LogP contribution in [0.4, 0.5) is 0 Å². The summed E-state index contributed by atoms with van der Waals surface area (Å²) in [5, 5.41) is 26.0. The fourth-order valence-electron chi connectivity index (χ4n) is 7.67. The Morgan fingerprint density at radius 1 is 0.408 bits per heavy atom. The normalized spacial score (nSPS) is 11.6. The lowest BCUT2D eigenvalue weighted by molar-refractivity contribution is 1.01. The molecule has 0 fully saturated rings. The molecule has 6 nitrogen and oxygen atoms in total. The van der Waals surface area contributed by atoms with E-state index in [1.807, 2.05) is 60.7 Å². The van der Waals surface area contributed by atoms with Gasteiger partial charge in [-0.25, -0.2) is 4.98 Å². The van der Waals surface area contributed by atoms with Gasteiger partial charge in [0.05, 0.1) is 56.4 Å². The number of pyridine rings is 1. The molecular weight excluding hydrogens is 601 g/mol. The lowest BCUT2D eigenvalue weighted by Gasteiger charge is -2.12. The number of fused-ring (bicyclic) bond motifs is 10. The van der Waals surface area contributed by atoms with Crippen molar-refractivity contribution >= 4 is 65.4 Å². The van der Waals surface area contributed by atoms with E-state index in [4.69, 9.17) is 4.98 Å². The first-order chi connectivity index (χ1) is 24.2. The lowest BCUT2D eigenvalue weighted by atomic mass is 10.1. The molecule has 49 heavy (non-hydrogen) atoms. The highest BCUT2D eigenvalue weighted by Gasteiger charge is 2.22. The fraction of sp³-hybridized carbons (Fsp3) is 0. The second-order valence-corrected chi connectivity index (χ2v) is 12.3. The predicted molar refractivity (Wildman–Crippen MR) is 197 cm³/mol. The Morgan fingerprint density at radius 3 is 1.67 bits per heavy atom. The minimum Gasteiger partial charge on any atom is -0.309 e.